The number of esters is 1. The Labute approximate surface area is 165 Å². The number of benzene rings is 2. The third-order valence-corrected chi connectivity index (χ3v) is 3.93. The van der Waals surface area contributed by atoms with Gasteiger partial charge < -0.3 is 16.2 Å². The summed E-state index contributed by atoms with van der Waals surface area (Å²) in [6.45, 7) is 0.832. The minimum absolute atomic E-state index is 0. The Bertz CT molecular complexity index is 698. The number of carbonyl (C=O) groups is 2. The molecule has 0 saturated heterocycles. The summed E-state index contributed by atoms with van der Waals surface area (Å²) in [7, 11) is 0. The van der Waals surface area contributed by atoms with Crippen molar-refractivity contribution < 1.29 is 14.3 Å². The average molecular weight is 392 g/mol. The SMILES string of the molecule is Cl.NCCCC[C@H](N)C(=O)OC(=O)N(Cc1ccccc1)c1ccccc1. The molecule has 0 saturated carbocycles. The van der Waals surface area contributed by atoms with Crippen molar-refractivity contribution in [2.24, 2.45) is 11.5 Å². The first-order valence-electron chi connectivity index (χ1n) is 8.69. The predicted molar refractivity (Wildman–Crippen MR) is 109 cm³/mol. The van der Waals surface area contributed by atoms with Crippen LogP contribution < -0.4 is 16.4 Å². The molecule has 0 fully saturated rings. The van der Waals surface area contributed by atoms with E-state index < -0.39 is 18.1 Å². The van der Waals surface area contributed by atoms with Crippen molar-refractivity contribution in [3.05, 3.63) is 66.2 Å². The smallest absolute Gasteiger partial charge is 0.375 e. The van der Waals surface area contributed by atoms with Crippen LogP contribution in [0.3, 0.4) is 0 Å². The first-order chi connectivity index (χ1) is 12.6. The van der Waals surface area contributed by atoms with E-state index in [0.29, 0.717) is 31.6 Å². The standard InChI is InChI=1S/C20H25N3O3.ClH/c21-14-8-7-13-18(22)19(24)26-20(25)23(17-11-5-2-6-12-17)15-16-9-3-1-4-10-16;/h1-6,9-12,18H,7-8,13-15,21-22H2;1H/t18-;/m0./s1. The van der Waals surface area contributed by atoms with Crippen LogP contribution in [0.4, 0.5) is 10.5 Å². The molecular formula is C20H26ClN3O3. The number of unbranched alkanes of at least 4 members (excludes halogenated alkanes) is 1. The Morgan fingerprint density at radius 1 is 0.963 bits per heavy atom. The molecule has 0 heterocycles. The summed E-state index contributed by atoms with van der Waals surface area (Å²) in [5.74, 6) is -0.721. The zero-order valence-electron chi connectivity index (χ0n) is 15.1. The van der Waals surface area contributed by atoms with Crippen molar-refractivity contribution in [1.82, 2.24) is 0 Å². The molecule has 0 aliphatic heterocycles. The Kier molecular flexibility index (Phi) is 10.1. The maximum Gasteiger partial charge on any atom is 0.422 e. The molecule has 27 heavy (non-hydrogen) atoms. The van der Waals surface area contributed by atoms with Crippen molar-refractivity contribution in [2.45, 2.75) is 31.8 Å². The van der Waals surface area contributed by atoms with Gasteiger partial charge >= 0.3 is 12.1 Å². The topological polar surface area (TPSA) is 98.6 Å². The lowest BCUT2D eigenvalue weighted by atomic mass is 10.1. The predicted octanol–water partition coefficient (Wildman–Crippen LogP) is 3.23. The minimum Gasteiger partial charge on any atom is -0.375 e. The second-order valence-electron chi connectivity index (χ2n) is 5.99. The zero-order chi connectivity index (χ0) is 18.8. The number of anilines is 1. The summed E-state index contributed by atoms with van der Waals surface area (Å²) in [5, 5.41) is 0. The van der Waals surface area contributed by atoms with Crippen molar-refractivity contribution in [3.63, 3.8) is 0 Å². The van der Waals surface area contributed by atoms with Crippen LogP contribution in [-0.4, -0.2) is 24.6 Å². The molecule has 7 heteroatoms. The lowest BCUT2D eigenvalue weighted by Crippen LogP contribution is -2.39. The fraction of sp³-hybridized carbons (Fsp3) is 0.300. The molecule has 0 aliphatic carbocycles. The fourth-order valence-electron chi connectivity index (χ4n) is 2.48. The maximum absolute atomic E-state index is 12.6. The van der Waals surface area contributed by atoms with E-state index in [-0.39, 0.29) is 12.4 Å². The third kappa shape index (κ3) is 7.38. The van der Waals surface area contributed by atoms with Crippen molar-refractivity contribution in [2.75, 3.05) is 11.4 Å². The van der Waals surface area contributed by atoms with Gasteiger partial charge in [0.05, 0.1) is 6.54 Å². The molecule has 0 unspecified atom stereocenters. The number of nitrogens with zero attached hydrogens (tertiary/aromatic N) is 1. The number of hydrogen-bond acceptors (Lipinski definition) is 5. The number of para-hydroxylation sites is 1. The molecule has 2 rings (SSSR count). The van der Waals surface area contributed by atoms with Gasteiger partial charge in [-0.15, -0.1) is 12.4 Å². The molecule has 1 amide bonds. The number of hydrogen-bond donors (Lipinski definition) is 2. The van der Waals surface area contributed by atoms with E-state index in [2.05, 4.69) is 0 Å². The number of amides is 1. The highest BCUT2D eigenvalue weighted by Crippen LogP contribution is 2.18. The van der Waals surface area contributed by atoms with Gasteiger partial charge in [-0.3, -0.25) is 4.90 Å². The van der Waals surface area contributed by atoms with Crippen LogP contribution in [-0.2, 0) is 16.1 Å². The van der Waals surface area contributed by atoms with E-state index >= 15 is 0 Å². The number of rotatable bonds is 8. The van der Waals surface area contributed by atoms with Gasteiger partial charge in [-0.05, 0) is 37.1 Å². The zero-order valence-corrected chi connectivity index (χ0v) is 15.9. The number of carbonyl (C=O) groups excluding carboxylic acids is 2. The van der Waals surface area contributed by atoms with Gasteiger partial charge in [-0.1, -0.05) is 55.0 Å². The summed E-state index contributed by atoms with van der Waals surface area (Å²) in [6.07, 6.45) is 1.19. The van der Waals surface area contributed by atoms with Gasteiger partial charge in [-0.2, -0.15) is 0 Å². The number of halogens is 1. The van der Waals surface area contributed by atoms with Crippen LogP contribution in [0.1, 0.15) is 24.8 Å². The van der Waals surface area contributed by atoms with Gasteiger partial charge in [0.2, 0.25) is 0 Å². The van der Waals surface area contributed by atoms with Gasteiger partial charge in [0, 0.05) is 5.69 Å². The molecule has 4 N–H and O–H groups in total. The van der Waals surface area contributed by atoms with Crippen molar-refractivity contribution >= 4 is 30.2 Å². The van der Waals surface area contributed by atoms with Crippen LogP contribution in [0.5, 0.6) is 0 Å². The first-order valence-corrected chi connectivity index (χ1v) is 8.69. The molecule has 0 spiro atoms. The van der Waals surface area contributed by atoms with Gasteiger partial charge in [-0.25, -0.2) is 9.59 Å². The van der Waals surface area contributed by atoms with Crippen LogP contribution in [0, 0.1) is 0 Å². The molecule has 6 nitrogen and oxygen atoms in total. The molecule has 1 atom stereocenters. The van der Waals surface area contributed by atoms with E-state index in [4.69, 9.17) is 16.2 Å². The van der Waals surface area contributed by atoms with E-state index in [1.807, 2.05) is 48.5 Å². The van der Waals surface area contributed by atoms with Crippen LogP contribution in [0.25, 0.3) is 0 Å². The quantitative estimate of drug-likeness (QED) is 0.409. The minimum atomic E-state index is -0.833. The third-order valence-electron chi connectivity index (χ3n) is 3.93. The summed E-state index contributed by atoms with van der Waals surface area (Å²) in [6, 6.07) is 17.7. The molecule has 0 aromatic heterocycles. The molecule has 0 aliphatic rings. The van der Waals surface area contributed by atoms with E-state index in [9.17, 15) is 9.59 Å². The molecule has 0 bridgehead atoms. The monoisotopic (exact) mass is 391 g/mol. The summed E-state index contributed by atoms with van der Waals surface area (Å²) in [5.41, 5.74) is 12.8. The highest BCUT2D eigenvalue weighted by molar-refractivity contribution is 5.96. The highest BCUT2D eigenvalue weighted by Gasteiger charge is 2.24. The molecule has 2 aromatic rings. The Balaban J connectivity index is 0.00000364. The highest BCUT2D eigenvalue weighted by atomic mass is 35.5. The summed E-state index contributed by atoms with van der Waals surface area (Å²) >= 11 is 0. The molecular weight excluding hydrogens is 366 g/mol. The molecule has 146 valence electrons. The van der Waals surface area contributed by atoms with Crippen LogP contribution >= 0.6 is 12.4 Å². The Hall–Kier alpha value is -2.41. The van der Waals surface area contributed by atoms with E-state index in [1.165, 1.54) is 4.90 Å². The Morgan fingerprint density at radius 2 is 1.56 bits per heavy atom. The van der Waals surface area contributed by atoms with Crippen molar-refractivity contribution in [1.29, 1.82) is 0 Å². The van der Waals surface area contributed by atoms with Crippen molar-refractivity contribution in [3.8, 4) is 0 Å². The normalized spacial score (nSPS) is 11.2. The molecule has 0 radical (unpaired) electrons. The fourth-order valence-corrected chi connectivity index (χ4v) is 2.48. The summed E-state index contributed by atoms with van der Waals surface area (Å²) < 4.78 is 5.02. The van der Waals surface area contributed by atoms with Gasteiger partial charge in [0.1, 0.15) is 6.04 Å². The number of ether oxygens (including phenoxy) is 1. The Morgan fingerprint density at radius 3 is 2.15 bits per heavy atom. The second-order valence-corrected chi connectivity index (χ2v) is 5.99. The second kappa shape index (κ2) is 12.1. The van der Waals surface area contributed by atoms with E-state index in [0.717, 1.165) is 12.0 Å². The summed E-state index contributed by atoms with van der Waals surface area (Å²) in [4.78, 5) is 26.1. The number of nitrogens with two attached hydrogens (primary N) is 2. The van der Waals surface area contributed by atoms with Gasteiger partial charge in [0.15, 0.2) is 0 Å². The first kappa shape index (κ1) is 22.6. The maximum atomic E-state index is 12.6. The van der Waals surface area contributed by atoms with E-state index in [1.54, 1.807) is 12.1 Å². The largest absolute Gasteiger partial charge is 0.422 e. The molecule has 2 aromatic carbocycles. The van der Waals surface area contributed by atoms with Crippen LogP contribution in [0.2, 0.25) is 0 Å². The van der Waals surface area contributed by atoms with Gasteiger partial charge in [0.25, 0.3) is 0 Å². The average Bonchev–Trinajstić information content (AvgIpc) is 2.67. The van der Waals surface area contributed by atoms with Crippen LogP contribution in [0.15, 0.2) is 60.7 Å². The lowest BCUT2D eigenvalue weighted by Gasteiger charge is -2.22. The lowest BCUT2D eigenvalue weighted by molar-refractivity contribution is -0.138.